The maximum absolute atomic E-state index is 12.0. The van der Waals surface area contributed by atoms with E-state index in [2.05, 4.69) is 18.6 Å². The zero-order valence-electron chi connectivity index (χ0n) is 10.6. The molecule has 3 nitrogen and oxygen atoms in total. The number of rotatable bonds is 5. The van der Waals surface area contributed by atoms with Gasteiger partial charge in [0.2, 0.25) is 8.87 Å². The molecule has 0 unspecified atom stereocenters. The Morgan fingerprint density at radius 1 is 1.12 bits per heavy atom. The third-order valence-corrected chi connectivity index (χ3v) is 5.71. The Morgan fingerprint density at radius 3 is 2.12 bits per heavy atom. The molecule has 17 heavy (non-hydrogen) atoms. The van der Waals surface area contributed by atoms with Gasteiger partial charge in [0, 0.05) is 6.04 Å². The first kappa shape index (κ1) is 14.5. The highest BCUT2D eigenvalue weighted by atomic mass is 33.1. The van der Waals surface area contributed by atoms with Gasteiger partial charge in [0.05, 0.1) is 15.9 Å². The molecule has 1 N–H and O–H groups in total. The maximum atomic E-state index is 12.0. The Morgan fingerprint density at radius 2 is 1.65 bits per heavy atom. The van der Waals surface area contributed by atoms with Gasteiger partial charge in [-0.3, -0.25) is 0 Å². The van der Waals surface area contributed by atoms with Gasteiger partial charge in [-0.2, -0.15) is 0 Å². The van der Waals surface area contributed by atoms with Crippen LogP contribution in [0.4, 0.5) is 0 Å². The minimum absolute atomic E-state index is 0.153. The van der Waals surface area contributed by atoms with E-state index in [-0.39, 0.29) is 6.04 Å². The standard InChI is InChI=1S/C12H19NO2S2/c1-9(2)11(4)13-16-17(14,15)12-7-5-10(3)6-8-12/h5-9,11,13H,1-4H3/t11-/m1/s1. The molecule has 0 spiro atoms. The molecule has 1 aromatic rings. The van der Waals surface area contributed by atoms with Crippen LogP contribution in [-0.2, 0) is 8.87 Å². The molecule has 0 amide bonds. The Balaban J connectivity index is 2.72. The summed E-state index contributed by atoms with van der Waals surface area (Å²) in [6.45, 7) is 8.01. The average Bonchev–Trinajstić information content (AvgIpc) is 2.26. The number of hydrogen-bond acceptors (Lipinski definition) is 4. The van der Waals surface area contributed by atoms with Crippen LogP contribution in [-0.4, -0.2) is 14.5 Å². The second kappa shape index (κ2) is 5.89. The summed E-state index contributed by atoms with van der Waals surface area (Å²) in [5, 5.41) is 0. The van der Waals surface area contributed by atoms with E-state index in [4.69, 9.17) is 0 Å². The molecule has 0 aliphatic heterocycles. The monoisotopic (exact) mass is 273 g/mol. The van der Waals surface area contributed by atoms with Crippen molar-refractivity contribution in [2.45, 2.75) is 38.6 Å². The van der Waals surface area contributed by atoms with Gasteiger partial charge < -0.3 is 0 Å². The Hall–Kier alpha value is -0.520. The van der Waals surface area contributed by atoms with Crippen molar-refractivity contribution in [2.24, 2.45) is 5.92 Å². The molecule has 0 radical (unpaired) electrons. The van der Waals surface area contributed by atoms with Crippen LogP contribution in [0, 0.1) is 12.8 Å². The number of hydrogen-bond donors (Lipinski definition) is 1. The van der Waals surface area contributed by atoms with E-state index >= 15 is 0 Å². The first-order valence-electron chi connectivity index (χ1n) is 5.58. The van der Waals surface area contributed by atoms with Crippen molar-refractivity contribution < 1.29 is 8.42 Å². The lowest BCUT2D eigenvalue weighted by Gasteiger charge is -2.16. The Bertz CT molecular complexity index is 452. The van der Waals surface area contributed by atoms with Gasteiger partial charge in [-0.15, -0.1) is 0 Å². The lowest BCUT2D eigenvalue weighted by molar-refractivity contribution is 0.503. The van der Waals surface area contributed by atoms with Crippen LogP contribution in [0.2, 0.25) is 0 Å². The van der Waals surface area contributed by atoms with Gasteiger partial charge in [-0.1, -0.05) is 31.5 Å². The lowest BCUT2D eigenvalue weighted by Crippen LogP contribution is -2.26. The highest BCUT2D eigenvalue weighted by molar-refractivity contribution is 8.71. The van der Waals surface area contributed by atoms with Crippen LogP contribution in [0.25, 0.3) is 0 Å². The topological polar surface area (TPSA) is 46.2 Å². The number of nitrogens with one attached hydrogen (secondary N) is 1. The van der Waals surface area contributed by atoms with Crippen molar-refractivity contribution >= 4 is 19.8 Å². The van der Waals surface area contributed by atoms with Gasteiger partial charge in [0.1, 0.15) is 0 Å². The molecule has 1 rings (SSSR count). The van der Waals surface area contributed by atoms with Crippen molar-refractivity contribution in [3.63, 3.8) is 0 Å². The van der Waals surface area contributed by atoms with Crippen LogP contribution in [0.15, 0.2) is 29.2 Å². The van der Waals surface area contributed by atoms with Crippen molar-refractivity contribution in [1.29, 1.82) is 0 Å². The normalized spacial score (nSPS) is 13.9. The van der Waals surface area contributed by atoms with Crippen LogP contribution in [0.5, 0.6) is 0 Å². The summed E-state index contributed by atoms with van der Waals surface area (Å²) >= 11 is 0. The van der Waals surface area contributed by atoms with Crippen LogP contribution in [0.1, 0.15) is 26.3 Å². The fourth-order valence-electron chi connectivity index (χ4n) is 1.03. The van der Waals surface area contributed by atoms with Gasteiger partial charge in [0.25, 0.3) is 0 Å². The second-order valence-corrected chi connectivity index (χ2v) is 8.10. The third-order valence-electron chi connectivity index (χ3n) is 2.65. The molecule has 0 aliphatic rings. The van der Waals surface area contributed by atoms with E-state index in [1.165, 1.54) is 0 Å². The molecular formula is C12H19NO2S2. The molecule has 1 aromatic carbocycles. The molecule has 0 saturated carbocycles. The largest absolute Gasteiger partial charge is 0.247 e. The van der Waals surface area contributed by atoms with E-state index in [0.717, 1.165) is 16.5 Å². The summed E-state index contributed by atoms with van der Waals surface area (Å²) in [6.07, 6.45) is 0. The smallest absolute Gasteiger partial charge is 0.244 e. The summed E-state index contributed by atoms with van der Waals surface area (Å²) in [7, 11) is -2.50. The van der Waals surface area contributed by atoms with Crippen LogP contribution >= 0.6 is 11.0 Å². The van der Waals surface area contributed by atoms with Crippen molar-refractivity contribution in [2.75, 3.05) is 0 Å². The van der Waals surface area contributed by atoms with Gasteiger partial charge in [0.15, 0.2) is 0 Å². The summed E-state index contributed by atoms with van der Waals surface area (Å²) in [6, 6.07) is 7.04. The molecule has 0 saturated heterocycles. The minimum Gasteiger partial charge on any atom is -0.247 e. The van der Waals surface area contributed by atoms with E-state index < -0.39 is 8.87 Å². The zero-order valence-corrected chi connectivity index (χ0v) is 12.2. The molecule has 0 fully saturated rings. The van der Waals surface area contributed by atoms with Gasteiger partial charge >= 0.3 is 0 Å². The first-order valence-corrected chi connectivity index (χ1v) is 8.40. The summed E-state index contributed by atoms with van der Waals surface area (Å²) in [5.74, 6) is 0.399. The quantitative estimate of drug-likeness (QED) is 0.662. The third kappa shape index (κ3) is 4.33. The molecule has 0 heterocycles. The molecular weight excluding hydrogens is 254 g/mol. The SMILES string of the molecule is Cc1ccc(S(=O)(=O)SN[C@H](C)C(C)C)cc1. The minimum atomic E-state index is -3.30. The van der Waals surface area contributed by atoms with E-state index in [1.54, 1.807) is 24.3 Å². The summed E-state index contributed by atoms with van der Waals surface area (Å²) < 4.78 is 26.9. The van der Waals surface area contributed by atoms with Crippen molar-refractivity contribution in [3.05, 3.63) is 29.8 Å². The van der Waals surface area contributed by atoms with Crippen molar-refractivity contribution in [3.8, 4) is 0 Å². The Labute approximate surface area is 107 Å². The second-order valence-electron chi connectivity index (χ2n) is 4.50. The lowest BCUT2D eigenvalue weighted by atomic mass is 10.1. The van der Waals surface area contributed by atoms with E-state index in [1.807, 2.05) is 13.8 Å². The Kier molecular flexibility index (Phi) is 5.04. The van der Waals surface area contributed by atoms with Crippen molar-refractivity contribution in [1.82, 2.24) is 4.72 Å². The maximum Gasteiger partial charge on any atom is 0.244 e. The van der Waals surface area contributed by atoms with E-state index in [0.29, 0.717) is 10.8 Å². The molecule has 1 atom stereocenters. The van der Waals surface area contributed by atoms with Gasteiger partial charge in [-0.05, 0) is 31.9 Å². The highest BCUT2D eigenvalue weighted by Crippen LogP contribution is 2.22. The van der Waals surface area contributed by atoms with E-state index in [9.17, 15) is 8.42 Å². The molecule has 0 aliphatic carbocycles. The van der Waals surface area contributed by atoms with Crippen LogP contribution in [0.3, 0.4) is 0 Å². The average molecular weight is 273 g/mol. The predicted molar refractivity (Wildman–Crippen MR) is 73.4 cm³/mol. The fraction of sp³-hybridized carbons (Fsp3) is 0.500. The number of benzene rings is 1. The molecule has 0 bridgehead atoms. The van der Waals surface area contributed by atoms with Gasteiger partial charge in [-0.25, -0.2) is 13.1 Å². The predicted octanol–water partition coefficient (Wildman–Crippen LogP) is 2.97. The zero-order chi connectivity index (χ0) is 13.1. The first-order chi connectivity index (χ1) is 7.83. The summed E-state index contributed by atoms with van der Waals surface area (Å²) in [4.78, 5) is 0.344. The summed E-state index contributed by atoms with van der Waals surface area (Å²) in [5.41, 5.74) is 1.05. The molecule has 5 heteroatoms. The van der Waals surface area contributed by atoms with Crippen LogP contribution < -0.4 is 4.72 Å². The number of aryl methyl sites for hydroxylation is 1. The highest BCUT2D eigenvalue weighted by Gasteiger charge is 2.17. The molecule has 96 valence electrons. The fourth-order valence-corrected chi connectivity index (χ4v) is 3.60. The molecule has 0 aromatic heterocycles.